The average Bonchev–Trinajstić information content (AvgIpc) is 2.38. The quantitative estimate of drug-likeness (QED) is 0.681. The van der Waals surface area contributed by atoms with Gasteiger partial charge in [-0.05, 0) is 36.5 Å². The predicted octanol–water partition coefficient (Wildman–Crippen LogP) is 3.25. The number of aliphatic hydroxyl groups excluding tert-OH is 1. The fourth-order valence-corrected chi connectivity index (χ4v) is 3.09. The van der Waals surface area contributed by atoms with E-state index in [-0.39, 0.29) is 23.3 Å². The van der Waals surface area contributed by atoms with Crippen LogP contribution in [0.2, 0.25) is 5.02 Å². The van der Waals surface area contributed by atoms with E-state index in [2.05, 4.69) is 0 Å². The molecule has 1 N–H and O–H groups in total. The summed E-state index contributed by atoms with van der Waals surface area (Å²) in [5.74, 6) is -0.261. The third-order valence-corrected chi connectivity index (χ3v) is 4.19. The van der Waals surface area contributed by atoms with Gasteiger partial charge in [0.05, 0.1) is 12.0 Å². The summed E-state index contributed by atoms with van der Waals surface area (Å²) in [4.78, 5) is 10.6. The second-order valence-corrected chi connectivity index (χ2v) is 5.63. The highest BCUT2D eigenvalue weighted by molar-refractivity contribution is 6.30. The average molecular weight is 284 g/mol. The molecular formula is C14H18ClNO3. The van der Waals surface area contributed by atoms with Crippen molar-refractivity contribution in [2.45, 2.75) is 37.7 Å². The monoisotopic (exact) mass is 283 g/mol. The second kappa shape index (κ2) is 6.35. The van der Waals surface area contributed by atoms with Gasteiger partial charge in [-0.25, -0.2) is 0 Å². The van der Waals surface area contributed by atoms with Crippen molar-refractivity contribution in [3.05, 3.63) is 45.0 Å². The number of hydrogen-bond acceptors (Lipinski definition) is 3. The molecule has 5 heteroatoms. The van der Waals surface area contributed by atoms with E-state index in [9.17, 15) is 15.2 Å². The molecule has 1 saturated carbocycles. The van der Waals surface area contributed by atoms with E-state index in [1.54, 1.807) is 12.1 Å². The van der Waals surface area contributed by atoms with Gasteiger partial charge in [-0.3, -0.25) is 10.1 Å². The first-order chi connectivity index (χ1) is 9.08. The maximum absolute atomic E-state index is 10.9. The van der Waals surface area contributed by atoms with Crippen molar-refractivity contribution in [1.29, 1.82) is 0 Å². The third kappa shape index (κ3) is 3.67. The van der Waals surface area contributed by atoms with Gasteiger partial charge < -0.3 is 5.11 Å². The minimum Gasteiger partial charge on any atom is -0.393 e. The smallest absolute Gasteiger partial charge is 0.211 e. The van der Waals surface area contributed by atoms with Gasteiger partial charge in [-0.2, -0.15) is 0 Å². The van der Waals surface area contributed by atoms with Gasteiger partial charge in [0, 0.05) is 9.95 Å². The molecule has 0 bridgehead atoms. The Labute approximate surface area is 117 Å². The molecule has 4 nitrogen and oxygen atoms in total. The molecule has 3 atom stereocenters. The first-order valence-corrected chi connectivity index (χ1v) is 7.01. The van der Waals surface area contributed by atoms with E-state index >= 15 is 0 Å². The molecular weight excluding hydrogens is 266 g/mol. The van der Waals surface area contributed by atoms with Crippen molar-refractivity contribution in [3.63, 3.8) is 0 Å². The number of halogens is 1. The highest BCUT2D eigenvalue weighted by Crippen LogP contribution is 2.36. The first kappa shape index (κ1) is 14.3. The summed E-state index contributed by atoms with van der Waals surface area (Å²) in [5.41, 5.74) is 0.895. The molecule has 1 aromatic rings. The van der Waals surface area contributed by atoms with Gasteiger partial charge in [-0.15, -0.1) is 0 Å². The number of benzene rings is 1. The predicted molar refractivity (Wildman–Crippen MR) is 74.0 cm³/mol. The summed E-state index contributed by atoms with van der Waals surface area (Å²) >= 11 is 5.85. The van der Waals surface area contributed by atoms with Gasteiger partial charge in [0.25, 0.3) is 0 Å². The lowest BCUT2D eigenvalue weighted by atomic mass is 9.75. The van der Waals surface area contributed by atoms with Crippen LogP contribution in [0.25, 0.3) is 0 Å². The Morgan fingerprint density at radius 2 is 1.95 bits per heavy atom. The van der Waals surface area contributed by atoms with Crippen molar-refractivity contribution >= 4 is 11.6 Å². The van der Waals surface area contributed by atoms with Gasteiger partial charge in [0.15, 0.2) is 0 Å². The van der Waals surface area contributed by atoms with Crippen LogP contribution < -0.4 is 0 Å². The van der Waals surface area contributed by atoms with Gasteiger partial charge >= 0.3 is 0 Å². The van der Waals surface area contributed by atoms with Crippen LogP contribution in [0, 0.1) is 16.0 Å². The highest BCUT2D eigenvalue weighted by Gasteiger charge is 2.34. The Hall–Kier alpha value is -1.13. The van der Waals surface area contributed by atoms with Crippen LogP contribution in [-0.2, 0) is 0 Å². The second-order valence-electron chi connectivity index (χ2n) is 5.19. The SMILES string of the molecule is O=[N+]([O-])CC(c1ccc(Cl)cc1)[C@H]1CCCC[C@@H]1O. The van der Waals surface area contributed by atoms with E-state index in [1.807, 2.05) is 12.1 Å². The van der Waals surface area contributed by atoms with E-state index in [1.165, 1.54) is 0 Å². The molecule has 1 fully saturated rings. The lowest BCUT2D eigenvalue weighted by Crippen LogP contribution is -2.33. The van der Waals surface area contributed by atoms with Crippen LogP contribution in [0.4, 0.5) is 0 Å². The molecule has 104 valence electrons. The highest BCUT2D eigenvalue weighted by atomic mass is 35.5. The Morgan fingerprint density at radius 1 is 1.32 bits per heavy atom. The van der Waals surface area contributed by atoms with Crippen LogP contribution in [0.5, 0.6) is 0 Å². The van der Waals surface area contributed by atoms with Crippen molar-refractivity contribution in [2.75, 3.05) is 6.54 Å². The standard InChI is InChI=1S/C14H18ClNO3/c15-11-7-5-10(6-8-11)13(9-16(18)19)12-3-1-2-4-14(12)17/h5-8,12-14,17H,1-4,9H2/t12-,13?,14+/m1/s1. The Kier molecular flexibility index (Phi) is 4.77. The maximum Gasteiger partial charge on any atom is 0.211 e. The summed E-state index contributed by atoms with van der Waals surface area (Å²) in [6.45, 7) is -0.136. The van der Waals surface area contributed by atoms with E-state index in [4.69, 9.17) is 11.6 Å². The molecule has 19 heavy (non-hydrogen) atoms. The minimum absolute atomic E-state index is 0.0275. The largest absolute Gasteiger partial charge is 0.393 e. The Morgan fingerprint density at radius 3 is 2.53 bits per heavy atom. The zero-order valence-electron chi connectivity index (χ0n) is 10.7. The number of nitrogens with zero attached hydrogens (tertiary/aromatic N) is 1. The van der Waals surface area contributed by atoms with E-state index in [0.717, 1.165) is 31.2 Å². The zero-order chi connectivity index (χ0) is 13.8. The number of rotatable bonds is 4. The molecule has 0 aliphatic heterocycles. The van der Waals surface area contributed by atoms with Crippen molar-refractivity contribution in [1.82, 2.24) is 0 Å². The fourth-order valence-electron chi connectivity index (χ4n) is 2.97. The van der Waals surface area contributed by atoms with Crippen LogP contribution in [0.3, 0.4) is 0 Å². The summed E-state index contributed by atoms with van der Waals surface area (Å²) in [7, 11) is 0. The van der Waals surface area contributed by atoms with Crippen molar-refractivity contribution < 1.29 is 10.0 Å². The Bertz CT molecular complexity index is 435. The normalized spacial score (nSPS) is 24.9. The lowest BCUT2D eigenvalue weighted by molar-refractivity contribution is -0.485. The molecule has 1 aliphatic carbocycles. The molecule has 1 unspecified atom stereocenters. The first-order valence-electron chi connectivity index (χ1n) is 6.63. The molecule has 1 aliphatic rings. The van der Waals surface area contributed by atoms with E-state index in [0.29, 0.717) is 5.02 Å². The number of nitro groups is 1. The molecule has 0 aromatic heterocycles. The maximum atomic E-state index is 10.9. The molecule has 0 radical (unpaired) electrons. The van der Waals surface area contributed by atoms with Crippen LogP contribution >= 0.6 is 11.6 Å². The Balaban J connectivity index is 2.24. The van der Waals surface area contributed by atoms with Crippen LogP contribution in [0.15, 0.2) is 24.3 Å². The lowest BCUT2D eigenvalue weighted by Gasteiger charge is -2.32. The molecule has 0 amide bonds. The molecule has 2 rings (SSSR count). The zero-order valence-corrected chi connectivity index (χ0v) is 11.4. The van der Waals surface area contributed by atoms with Gasteiger partial charge in [-0.1, -0.05) is 36.6 Å². The fraction of sp³-hybridized carbons (Fsp3) is 0.571. The topological polar surface area (TPSA) is 63.4 Å². The van der Waals surface area contributed by atoms with E-state index < -0.39 is 6.10 Å². The summed E-state index contributed by atoms with van der Waals surface area (Å²) in [6, 6.07) is 7.16. The van der Waals surface area contributed by atoms with Crippen molar-refractivity contribution in [2.24, 2.45) is 5.92 Å². The molecule has 0 spiro atoms. The molecule has 1 aromatic carbocycles. The third-order valence-electron chi connectivity index (χ3n) is 3.94. The molecule has 0 saturated heterocycles. The van der Waals surface area contributed by atoms with Crippen LogP contribution in [0.1, 0.15) is 37.2 Å². The number of aliphatic hydroxyl groups is 1. The van der Waals surface area contributed by atoms with Gasteiger partial charge in [0.2, 0.25) is 6.54 Å². The summed E-state index contributed by atoms with van der Waals surface area (Å²) in [6.07, 6.45) is 3.19. The number of hydrogen-bond donors (Lipinski definition) is 1. The van der Waals surface area contributed by atoms with Crippen molar-refractivity contribution in [3.8, 4) is 0 Å². The van der Waals surface area contributed by atoms with Gasteiger partial charge in [0.1, 0.15) is 0 Å². The minimum atomic E-state index is -0.436. The summed E-state index contributed by atoms with van der Waals surface area (Å²) < 4.78 is 0. The van der Waals surface area contributed by atoms with Crippen LogP contribution in [-0.4, -0.2) is 22.7 Å². The summed E-state index contributed by atoms with van der Waals surface area (Å²) in [5, 5.41) is 21.6. The molecule has 0 heterocycles.